The highest BCUT2D eigenvalue weighted by atomic mass is 16.4. The Morgan fingerprint density at radius 1 is 1.32 bits per heavy atom. The summed E-state index contributed by atoms with van der Waals surface area (Å²) in [6.45, 7) is 3.72. The molecule has 2 aromatic rings. The standard InChI is InChI=1S/C14H17N5O3/c1-7-5-8(2)19-14(15-7)17-11(18-19)12(20)16-10-4-3-9(6-10)13(21)22/h5,9-10H,3-4,6H2,1-2H3,(H,16,20)(H,21,22)/t9-,10+/m0/s1. The van der Waals surface area contributed by atoms with Gasteiger partial charge in [0.15, 0.2) is 0 Å². The van der Waals surface area contributed by atoms with E-state index in [9.17, 15) is 9.59 Å². The maximum Gasteiger partial charge on any atom is 0.306 e. The van der Waals surface area contributed by atoms with Gasteiger partial charge in [0.1, 0.15) is 0 Å². The summed E-state index contributed by atoms with van der Waals surface area (Å²) in [7, 11) is 0. The number of carbonyl (C=O) groups is 2. The van der Waals surface area contributed by atoms with E-state index < -0.39 is 11.9 Å². The van der Waals surface area contributed by atoms with Crippen molar-refractivity contribution in [3.8, 4) is 0 Å². The van der Waals surface area contributed by atoms with Crippen LogP contribution in [0.1, 0.15) is 41.3 Å². The van der Waals surface area contributed by atoms with Crippen LogP contribution in [0.3, 0.4) is 0 Å². The molecule has 0 bridgehead atoms. The summed E-state index contributed by atoms with van der Waals surface area (Å²) in [6, 6.07) is 1.72. The van der Waals surface area contributed by atoms with Crippen LogP contribution in [0.2, 0.25) is 0 Å². The van der Waals surface area contributed by atoms with Crippen molar-refractivity contribution in [2.75, 3.05) is 0 Å². The monoisotopic (exact) mass is 303 g/mol. The number of fused-ring (bicyclic) bond motifs is 1. The van der Waals surface area contributed by atoms with E-state index in [4.69, 9.17) is 5.11 Å². The number of rotatable bonds is 3. The van der Waals surface area contributed by atoms with Crippen LogP contribution in [0.4, 0.5) is 0 Å². The second kappa shape index (κ2) is 5.36. The lowest BCUT2D eigenvalue weighted by molar-refractivity contribution is -0.141. The highest BCUT2D eigenvalue weighted by Crippen LogP contribution is 2.25. The molecule has 1 saturated carbocycles. The number of carboxylic acid groups (broad SMARTS) is 1. The Balaban J connectivity index is 1.76. The Kier molecular flexibility index (Phi) is 3.51. The van der Waals surface area contributed by atoms with Gasteiger partial charge < -0.3 is 10.4 Å². The molecular weight excluding hydrogens is 286 g/mol. The number of nitrogens with one attached hydrogen (secondary N) is 1. The fourth-order valence-corrected chi connectivity index (χ4v) is 2.85. The topological polar surface area (TPSA) is 109 Å². The SMILES string of the molecule is Cc1cc(C)n2nc(C(=O)N[C@@H]3CC[C@H](C(=O)O)C3)nc2n1. The summed E-state index contributed by atoms with van der Waals surface area (Å²) in [6.07, 6.45) is 1.69. The van der Waals surface area contributed by atoms with Gasteiger partial charge in [-0.05, 0) is 39.2 Å². The first-order chi connectivity index (χ1) is 10.4. The van der Waals surface area contributed by atoms with E-state index in [1.54, 1.807) is 0 Å². The normalized spacial score (nSPS) is 21.2. The van der Waals surface area contributed by atoms with Gasteiger partial charge in [-0.1, -0.05) is 0 Å². The maximum absolute atomic E-state index is 12.2. The Hall–Kier alpha value is -2.51. The molecule has 1 amide bonds. The Bertz CT molecular complexity index is 754. The van der Waals surface area contributed by atoms with Crippen molar-refractivity contribution < 1.29 is 14.7 Å². The third kappa shape index (κ3) is 2.63. The molecule has 1 fully saturated rings. The van der Waals surface area contributed by atoms with Crippen molar-refractivity contribution >= 4 is 17.7 Å². The zero-order chi connectivity index (χ0) is 15.9. The smallest absolute Gasteiger partial charge is 0.306 e. The first-order valence-corrected chi connectivity index (χ1v) is 7.18. The number of aryl methyl sites for hydroxylation is 2. The Morgan fingerprint density at radius 3 is 2.77 bits per heavy atom. The molecule has 2 atom stereocenters. The van der Waals surface area contributed by atoms with Crippen molar-refractivity contribution in [3.63, 3.8) is 0 Å². The number of nitrogens with zero attached hydrogens (tertiary/aromatic N) is 4. The van der Waals surface area contributed by atoms with E-state index in [-0.39, 0.29) is 17.8 Å². The van der Waals surface area contributed by atoms with Gasteiger partial charge in [-0.15, -0.1) is 5.10 Å². The van der Waals surface area contributed by atoms with Crippen LogP contribution < -0.4 is 5.32 Å². The first-order valence-electron chi connectivity index (χ1n) is 7.18. The molecule has 116 valence electrons. The summed E-state index contributed by atoms with van der Waals surface area (Å²) >= 11 is 0. The average Bonchev–Trinajstić information content (AvgIpc) is 3.05. The van der Waals surface area contributed by atoms with Gasteiger partial charge in [0.25, 0.3) is 11.7 Å². The van der Waals surface area contributed by atoms with Crippen LogP contribution >= 0.6 is 0 Å². The van der Waals surface area contributed by atoms with Crippen molar-refractivity contribution in [1.82, 2.24) is 24.9 Å². The molecule has 0 saturated heterocycles. The quantitative estimate of drug-likeness (QED) is 0.865. The predicted octanol–water partition coefficient (Wildman–Crippen LogP) is 0.724. The van der Waals surface area contributed by atoms with Crippen molar-refractivity contribution in [2.45, 2.75) is 39.2 Å². The van der Waals surface area contributed by atoms with E-state index in [1.807, 2.05) is 19.9 Å². The van der Waals surface area contributed by atoms with E-state index >= 15 is 0 Å². The minimum absolute atomic E-state index is 0.0555. The first kappa shape index (κ1) is 14.4. The van der Waals surface area contributed by atoms with Gasteiger partial charge in [-0.2, -0.15) is 4.98 Å². The second-order valence-corrected chi connectivity index (χ2v) is 5.70. The lowest BCUT2D eigenvalue weighted by Gasteiger charge is -2.10. The summed E-state index contributed by atoms with van der Waals surface area (Å²) < 4.78 is 1.52. The molecule has 8 nitrogen and oxygen atoms in total. The van der Waals surface area contributed by atoms with Gasteiger partial charge in [-0.3, -0.25) is 9.59 Å². The van der Waals surface area contributed by atoms with Crippen molar-refractivity contribution in [2.24, 2.45) is 5.92 Å². The Labute approximate surface area is 126 Å². The molecule has 3 rings (SSSR count). The molecule has 2 heterocycles. The predicted molar refractivity (Wildman–Crippen MR) is 76.5 cm³/mol. The minimum atomic E-state index is -0.807. The fourth-order valence-electron chi connectivity index (χ4n) is 2.85. The number of amides is 1. The molecule has 1 aliphatic rings. The molecule has 1 aliphatic carbocycles. The molecule has 0 aromatic carbocycles. The molecule has 2 N–H and O–H groups in total. The minimum Gasteiger partial charge on any atom is -0.481 e. The number of hydrogen-bond donors (Lipinski definition) is 2. The maximum atomic E-state index is 12.2. The van der Waals surface area contributed by atoms with E-state index in [2.05, 4.69) is 20.4 Å². The molecule has 0 aliphatic heterocycles. The highest BCUT2D eigenvalue weighted by molar-refractivity contribution is 5.91. The van der Waals surface area contributed by atoms with Crippen LogP contribution in [0, 0.1) is 19.8 Å². The van der Waals surface area contributed by atoms with Crippen molar-refractivity contribution in [1.29, 1.82) is 0 Å². The van der Waals surface area contributed by atoms with Crippen molar-refractivity contribution in [3.05, 3.63) is 23.3 Å². The molecule has 2 aromatic heterocycles. The summed E-state index contributed by atoms with van der Waals surface area (Å²) in [4.78, 5) is 31.5. The van der Waals surface area contributed by atoms with Gasteiger partial charge in [0.05, 0.1) is 5.92 Å². The number of aliphatic carboxylic acids is 1. The van der Waals surface area contributed by atoms with E-state index in [0.29, 0.717) is 25.0 Å². The second-order valence-electron chi connectivity index (χ2n) is 5.70. The molecule has 0 spiro atoms. The highest BCUT2D eigenvalue weighted by Gasteiger charge is 2.31. The Morgan fingerprint density at radius 2 is 2.09 bits per heavy atom. The number of aromatic nitrogens is 4. The molecular formula is C14H17N5O3. The third-order valence-corrected chi connectivity index (χ3v) is 3.94. The molecule has 0 unspecified atom stereocenters. The number of carbonyl (C=O) groups excluding carboxylic acids is 1. The number of hydrogen-bond acceptors (Lipinski definition) is 5. The fraction of sp³-hybridized carbons (Fsp3) is 0.500. The molecule has 8 heteroatoms. The van der Waals surface area contributed by atoms with Crippen LogP contribution in [-0.4, -0.2) is 42.6 Å². The van der Waals surface area contributed by atoms with E-state index in [0.717, 1.165) is 11.4 Å². The third-order valence-electron chi connectivity index (χ3n) is 3.94. The van der Waals surface area contributed by atoms with Crippen LogP contribution in [0.5, 0.6) is 0 Å². The lowest BCUT2D eigenvalue weighted by Crippen LogP contribution is -2.34. The zero-order valence-corrected chi connectivity index (χ0v) is 12.4. The lowest BCUT2D eigenvalue weighted by atomic mass is 10.1. The van der Waals surface area contributed by atoms with Gasteiger partial charge in [0, 0.05) is 17.4 Å². The van der Waals surface area contributed by atoms with Gasteiger partial charge in [-0.25, -0.2) is 9.50 Å². The van der Waals surface area contributed by atoms with Crippen LogP contribution in [0.25, 0.3) is 5.78 Å². The van der Waals surface area contributed by atoms with E-state index in [1.165, 1.54) is 4.52 Å². The molecule has 22 heavy (non-hydrogen) atoms. The van der Waals surface area contributed by atoms with Crippen LogP contribution in [-0.2, 0) is 4.79 Å². The van der Waals surface area contributed by atoms with Gasteiger partial charge in [0.2, 0.25) is 5.82 Å². The van der Waals surface area contributed by atoms with Crippen LogP contribution in [0.15, 0.2) is 6.07 Å². The number of carboxylic acids is 1. The van der Waals surface area contributed by atoms with Gasteiger partial charge >= 0.3 is 5.97 Å². The summed E-state index contributed by atoms with van der Waals surface area (Å²) in [5.41, 5.74) is 1.66. The zero-order valence-electron chi connectivity index (χ0n) is 12.4. The average molecular weight is 303 g/mol. The largest absolute Gasteiger partial charge is 0.481 e. The summed E-state index contributed by atoms with van der Waals surface area (Å²) in [5.74, 6) is -1.14. The molecule has 0 radical (unpaired) electrons. The summed E-state index contributed by atoms with van der Waals surface area (Å²) in [5, 5.41) is 16.0.